The first kappa shape index (κ1) is 32.9. The van der Waals surface area contributed by atoms with Gasteiger partial charge in [0.25, 0.3) is 0 Å². The number of hydrogen-bond donors (Lipinski definition) is 0. The van der Waals surface area contributed by atoms with Crippen LogP contribution < -0.4 is 4.90 Å². The van der Waals surface area contributed by atoms with Crippen LogP contribution in [0.2, 0.25) is 0 Å². The molecule has 256 valence electrons. The molecule has 1 heterocycles. The van der Waals surface area contributed by atoms with Crippen LogP contribution in [0.1, 0.15) is 38.8 Å². The topological polar surface area (TPSA) is 3.24 Å². The highest BCUT2D eigenvalue weighted by Gasteiger charge is 2.35. The van der Waals surface area contributed by atoms with E-state index in [0.29, 0.717) is 0 Å². The van der Waals surface area contributed by atoms with E-state index in [1.54, 1.807) is 0 Å². The second kappa shape index (κ2) is 13.2. The molecule has 10 rings (SSSR count). The summed E-state index contributed by atoms with van der Waals surface area (Å²) in [7, 11) is 0. The van der Waals surface area contributed by atoms with E-state index in [0.717, 1.165) is 17.1 Å². The third kappa shape index (κ3) is 5.36. The van der Waals surface area contributed by atoms with E-state index in [4.69, 9.17) is 0 Å². The zero-order valence-corrected chi connectivity index (χ0v) is 31.4. The predicted octanol–water partition coefficient (Wildman–Crippen LogP) is 15.3. The minimum absolute atomic E-state index is 0.0976. The van der Waals surface area contributed by atoms with E-state index in [1.165, 1.54) is 75.5 Å². The van der Waals surface area contributed by atoms with Crippen LogP contribution in [0.4, 0.5) is 17.1 Å². The average molecular weight is 700 g/mol. The Hall–Kier alpha value is -5.96. The van der Waals surface area contributed by atoms with Gasteiger partial charge in [0, 0.05) is 42.3 Å². The molecule has 1 aromatic heterocycles. The molecule has 0 radical (unpaired) electrons. The number of fused-ring (bicyclic) bond motifs is 7. The summed E-state index contributed by atoms with van der Waals surface area (Å²) in [5.74, 6) is 0. The molecule has 0 amide bonds. The lowest BCUT2D eigenvalue weighted by molar-refractivity contribution is 0.660. The molecule has 0 atom stereocenters. The molecule has 2 heteroatoms. The first-order valence-electron chi connectivity index (χ1n) is 18.7. The highest BCUT2D eigenvalue weighted by atomic mass is 32.1. The summed E-state index contributed by atoms with van der Waals surface area (Å²) in [6.45, 7) is 8.72. The Morgan fingerprint density at radius 1 is 0.415 bits per heavy atom. The molecular weight excluding hydrogens is 659 g/mol. The van der Waals surface area contributed by atoms with Crippen LogP contribution in [-0.2, 0) is 5.41 Å². The molecule has 0 N–H and O–H groups in total. The van der Waals surface area contributed by atoms with Crippen LogP contribution in [0.25, 0.3) is 64.3 Å². The first-order chi connectivity index (χ1) is 26.1. The normalized spacial score (nSPS) is 12.7. The van der Waals surface area contributed by atoms with Gasteiger partial charge in [0.05, 0.1) is 5.69 Å². The van der Waals surface area contributed by atoms with Crippen LogP contribution in [0.15, 0.2) is 176 Å². The number of thiophene rings is 1. The lowest BCUT2D eigenvalue weighted by Crippen LogP contribution is -2.16. The molecule has 0 saturated heterocycles. The van der Waals surface area contributed by atoms with E-state index in [2.05, 4.69) is 195 Å². The second-order valence-corrected chi connectivity index (χ2v) is 15.2. The minimum atomic E-state index is -0.0976. The molecule has 0 spiro atoms. The van der Waals surface area contributed by atoms with Crippen molar-refractivity contribution in [2.24, 2.45) is 0 Å². The molecule has 0 unspecified atom stereocenters. The molecule has 9 aromatic rings. The van der Waals surface area contributed by atoms with Crippen LogP contribution in [0, 0.1) is 0 Å². The smallest absolute Gasteiger partial charge is 0.0540 e. The van der Waals surface area contributed by atoms with Crippen molar-refractivity contribution >= 4 is 59.3 Å². The highest BCUT2D eigenvalue weighted by molar-refractivity contribution is 7.26. The van der Waals surface area contributed by atoms with Crippen molar-refractivity contribution in [3.63, 3.8) is 0 Å². The van der Waals surface area contributed by atoms with Gasteiger partial charge in [-0.2, -0.15) is 0 Å². The van der Waals surface area contributed by atoms with Crippen molar-refractivity contribution in [1.82, 2.24) is 0 Å². The van der Waals surface area contributed by atoms with Crippen molar-refractivity contribution < 1.29 is 0 Å². The van der Waals surface area contributed by atoms with Crippen molar-refractivity contribution in [2.45, 2.75) is 33.1 Å². The molecule has 8 aromatic carbocycles. The number of nitrogens with zero attached hydrogens (tertiary/aromatic N) is 1. The Balaban J connectivity index is 0.00000183. The third-order valence-electron chi connectivity index (χ3n) is 10.9. The Morgan fingerprint density at radius 2 is 1.00 bits per heavy atom. The zero-order valence-electron chi connectivity index (χ0n) is 30.6. The van der Waals surface area contributed by atoms with Gasteiger partial charge in [-0.05, 0) is 86.3 Å². The largest absolute Gasteiger partial charge is 0.310 e. The fourth-order valence-electron chi connectivity index (χ4n) is 8.37. The Kier molecular flexibility index (Phi) is 8.21. The quantitative estimate of drug-likeness (QED) is 0.173. The lowest BCUT2D eigenvalue weighted by atomic mass is 9.82. The van der Waals surface area contributed by atoms with Crippen LogP contribution >= 0.6 is 11.3 Å². The third-order valence-corrected chi connectivity index (χ3v) is 12.1. The van der Waals surface area contributed by atoms with Crippen LogP contribution in [0.5, 0.6) is 0 Å². The van der Waals surface area contributed by atoms with Crippen LogP contribution in [0.3, 0.4) is 0 Å². The van der Waals surface area contributed by atoms with Gasteiger partial charge >= 0.3 is 0 Å². The van der Waals surface area contributed by atoms with Gasteiger partial charge < -0.3 is 4.90 Å². The molecule has 0 fully saturated rings. The van der Waals surface area contributed by atoms with Crippen molar-refractivity contribution in [1.29, 1.82) is 0 Å². The second-order valence-electron chi connectivity index (χ2n) is 14.1. The van der Waals surface area contributed by atoms with Crippen molar-refractivity contribution in [3.05, 3.63) is 187 Å². The highest BCUT2D eigenvalue weighted by Crippen LogP contribution is 2.51. The summed E-state index contributed by atoms with van der Waals surface area (Å²) in [4.78, 5) is 2.46. The van der Waals surface area contributed by atoms with E-state index in [-0.39, 0.29) is 5.41 Å². The number of rotatable bonds is 5. The average Bonchev–Trinajstić information content (AvgIpc) is 3.71. The summed E-state index contributed by atoms with van der Waals surface area (Å²) >= 11 is 1.88. The van der Waals surface area contributed by atoms with Crippen LogP contribution in [-0.4, -0.2) is 0 Å². The van der Waals surface area contributed by atoms with E-state index < -0.39 is 0 Å². The molecule has 0 saturated carbocycles. The van der Waals surface area contributed by atoms with Crippen molar-refractivity contribution in [2.75, 3.05) is 4.90 Å². The minimum Gasteiger partial charge on any atom is -0.310 e. The maximum absolute atomic E-state index is 2.46. The molecular formula is C51H41NS. The Bertz CT molecular complexity index is 2770. The predicted molar refractivity (Wildman–Crippen MR) is 231 cm³/mol. The summed E-state index contributed by atoms with van der Waals surface area (Å²) in [5, 5.41) is 5.12. The van der Waals surface area contributed by atoms with Crippen molar-refractivity contribution in [3.8, 4) is 33.4 Å². The summed E-state index contributed by atoms with van der Waals surface area (Å²) in [5.41, 5.74) is 13.8. The van der Waals surface area contributed by atoms with E-state index in [9.17, 15) is 0 Å². The molecule has 1 aliphatic carbocycles. The van der Waals surface area contributed by atoms with Gasteiger partial charge in [0.2, 0.25) is 0 Å². The van der Waals surface area contributed by atoms with Gasteiger partial charge in [0.15, 0.2) is 0 Å². The molecule has 53 heavy (non-hydrogen) atoms. The van der Waals surface area contributed by atoms with Gasteiger partial charge in [-0.3, -0.25) is 0 Å². The van der Waals surface area contributed by atoms with Gasteiger partial charge in [-0.15, -0.1) is 11.3 Å². The zero-order chi connectivity index (χ0) is 36.1. The maximum atomic E-state index is 2.46. The van der Waals surface area contributed by atoms with E-state index >= 15 is 0 Å². The Morgan fingerprint density at radius 3 is 1.81 bits per heavy atom. The lowest BCUT2D eigenvalue weighted by Gasteiger charge is -2.29. The molecule has 1 nitrogen and oxygen atoms in total. The van der Waals surface area contributed by atoms with Gasteiger partial charge in [-0.1, -0.05) is 167 Å². The summed E-state index contributed by atoms with van der Waals surface area (Å²) < 4.78 is 2.67. The van der Waals surface area contributed by atoms with Gasteiger partial charge in [-0.25, -0.2) is 0 Å². The standard InChI is InChI=1S/C49H35NS.C2H6/c1-49(2)44-21-10-8-16-39(44)40-28-27-35(31-45(40)49)50(46-30-29-36(32-13-4-3-5-14-32)38-15-6-7-17-41(38)46)34-25-23-33(24-26-34)37-19-12-20-43-42-18-9-11-22-47(42)51-48(37)43;1-2/h3-31H,1-2H3;1-2H3. The van der Waals surface area contributed by atoms with Gasteiger partial charge in [0.1, 0.15) is 0 Å². The number of benzene rings is 8. The Labute approximate surface area is 316 Å². The first-order valence-corrected chi connectivity index (χ1v) is 19.5. The van der Waals surface area contributed by atoms with E-state index in [1.807, 2.05) is 25.2 Å². The summed E-state index contributed by atoms with van der Waals surface area (Å²) in [6.07, 6.45) is 0. The number of anilines is 3. The fourth-order valence-corrected chi connectivity index (χ4v) is 9.61. The SMILES string of the molecule is CC.CC1(C)c2ccccc2-c2ccc(N(c3ccc(-c4cccc5c4sc4ccccc45)cc3)c3ccc(-c4ccccc4)c4ccccc34)cc21. The molecule has 1 aliphatic rings. The molecule has 0 aliphatic heterocycles. The fraction of sp³-hybridized carbons (Fsp3) is 0.0980. The number of hydrogen-bond acceptors (Lipinski definition) is 2. The molecule has 0 bridgehead atoms. The maximum Gasteiger partial charge on any atom is 0.0540 e. The summed E-state index contributed by atoms with van der Waals surface area (Å²) in [6, 6.07) is 64.8. The monoisotopic (exact) mass is 699 g/mol.